The molecule has 2 saturated carbocycles. The van der Waals surface area contributed by atoms with E-state index >= 15 is 0 Å². The number of carbonyl (C=O) groups excluding carboxylic acids is 2. The van der Waals surface area contributed by atoms with Gasteiger partial charge in [0.05, 0.1) is 0 Å². The molecular formula is C20H29ClN2O2S. The lowest BCUT2D eigenvalue weighted by molar-refractivity contribution is -0.142. The third-order valence-corrected chi connectivity index (χ3v) is 6.81. The number of halogens is 1. The molecule has 0 radical (unpaired) electrons. The average molecular weight is 397 g/mol. The number of nitrogens with one attached hydrogen (secondary N) is 1. The Hall–Kier alpha value is -1.07. The Kier molecular flexibility index (Phi) is 7.38. The fourth-order valence-corrected chi connectivity index (χ4v) is 5.31. The van der Waals surface area contributed by atoms with E-state index in [1.807, 2.05) is 17.5 Å². The van der Waals surface area contributed by atoms with Gasteiger partial charge in [-0.15, -0.1) is 22.9 Å². The number of carbonyl (C=O) groups is 2. The summed E-state index contributed by atoms with van der Waals surface area (Å²) in [5.41, 5.74) is 0. The van der Waals surface area contributed by atoms with Crippen LogP contribution in [0.15, 0.2) is 17.5 Å². The lowest BCUT2D eigenvalue weighted by Crippen LogP contribution is -2.51. The van der Waals surface area contributed by atoms with Crippen LogP contribution in [0.2, 0.25) is 0 Å². The number of hydrogen-bond acceptors (Lipinski definition) is 3. The molecule has 0 aromatic carbocycles. The number of rotatable bonds is 6. The Morgan fingerprint density at radius 3 is 2.35 bits per heavy atom. The molecule has 0 aliphatic heterocycles. The minimum atomic E-state index is -0.550. The highest BCUT2D eigenvalue weighted by Crippen LogP contribution is 2.33. The maximum Gasteiger partial charge on any atom is 0.248 e. The van der Waals surface area contributed by atoms with Gasteiger partial charge in [0.1, 0.15) is 11.9 Å². The van der Waals surface area contributed by atoms with E-state index in [2.05, 4.69) is 5.32 Å². The maximum absolute atomic E-state index is 13.3. The quantitative estimate of drug-likeness (QED) is 0.712. The molecule has 0 spiro atoms. The van der Waals surface area contributed by atoms with Crippen LogP contribution in [0.25, 0.3) is 0 Å². The molecule has 4 nitrogen and oxygen atoms in total. The van der Waals surface area contributed by atoms with E-state index in [0.717, 1.165) is 43.4 Å². The molecule has 6 heteroatoms. The van der Waals surface area contributed by atoms with E-state index in [1.165, 1.54) is 25.7 Å². The third-order valence-electron chi connectivity index (χ3n) is 5.66. The number of nitrogens with zero attached hydrogens (tertiary/aromatic N) is 1. The topological polar surface area (TPSA) is 49.4 Å². The van der Waals surface area contributed by atoms with Crippen molar-refractivity contribution in [2.24, 2.45) is 0 Å². The second-order valence-electron chi connectivity index (χ2n) is 7.49. The molecule has 2 fully saturated rings. The highest BCUT2D eigenvalue weighted by atomic mass is 35.5. The van der Waals surface area contributed by atoms with Crippen molar-refractivity contribution in [3.05, 3.63) is 22.4 Å². The zero-order valence-corrected chi connectivity index (χ0v) is 16.9. The summed E-state index contributed by atoms with van der Waals surface area (Å²) in [5.74, 6) is -0.242. The molecule has 2 aliphatic rings. The molecule has 1 aromatic heterocycles. The molecule has 0 bridgehead atoms. The Bertz CT molecular complexity index is 581. The third kappa shape index (κ3) is 4.80. The summed E-state index contributed by atoms with van der Waals surface area (Å²) in [6.07, 6.45) is 11.0. The van der Waals surface area contributed by atoms with E-state index in [1.54, 1.807) is 16.2 Å². The molecule has 1 N–H and O–H groups in total. The first-order valence-electron chi connectivity index (χ1n) is 9.91. The Labute approximate surface area is 165 Å². The van der Waals surface area contributed by atoms with Crippen LogP contribution in [-0.4, -0.2) is 34.7 Å². The standard InChI is InChI=1S/C20H29ClN2O2S/c21-14-18(24)23(16-10-5-2-6-11-16)19(17-12-7-13-26-17)20(25)22-15-8-3-1-4-9-15/h7,12-13,15-16,19H,1-6,8-11,14H2,(H,22,25). The monoisotopic (exact) mass is 396 g/mol. The lowest BCUT2D eigenvalue weighted by atomic mass is 9.92. The van der Waals surface area contributed by atoms with Gasteiger partial charge in [-0.3, -0.25) is 9.59 Å². The van der Waals surface area contributed by atoms with Crippen LogP contribution in [0.4, 0.5) is 0 Å². The van der Waals surface area contributed by atoms with Crippen LogP contribution in [-0.2, 0) is 9.59 Å². The highest BCUT2D eigenvalue weighted by molar-refractivity contribution is 7.10. The summed E-state index contributed by atoms with van der Waals surface area (Å²) in [6, 6.07) is 3.71. The second-order valence-corrected chi connectivity index (χ2v) is 8.73. The zero-order chi connectivity index (χ0) is 18.4. The summed E-state index contributed by atoms with van der Waals surface area (Å²) in [6.45, 7) is 0. The summed E-state index contributed by atoms with van der Waals surface area (Å²) in [4.78, 5) is 28.8. The Morgan fingerprint density at radius 2 is 1.77 bits per heavy atom. The first kappa shape index (κ1) is 19.7. The fraction of sp³-hybridized carbons (Fsp3) is 0.700. The number of thiophene rings is 1. The summed E-state index contributed by atoms with van der Waals surface area (Å²) in [7, 11) is 0. The van der Waals surface area contributed by atoms with Crippen molar-refractivity contribution in [3.8, 4) is 0 Å². The predicted molar refractivity (Wildman–Crippen MR) is 107 cm³/mol. The van der Waals surface area contributed by atoms with Gasteiger partial charge in [-0.2, -0.15) is 0 Å². The summed E-state index contributed by atoms with van der Waals surface area (Å²) < 4.78 is 0. The minimum Gasteiger partial charge on any atom is -0.351 e. The molecule has 2 amide bonds. The molecule has 26 heavy (non-hydrogen) atoms. The van der Waals surface area contributed by atoms with Crippen molar-refractivity contribution >= 4 is 34.8 Å². The van der Waals surface area contributed by atoms with Crippen molar-refractivity contribution in [2.45, 2.75) is 82.3 Å². The molecule has 2 aliphatic carbocycles. The summed E-state index contributed by atoms with van der Waals surface area (Å²) >= 11 is 7.49. The predicted octanol–water partition coefficient (Wildman–Crippen LogP) is 4.64. The second kappa shape index (κ2) is 9.75. The van der Waals surface area contributed by atoms with Gasteiger partial charge < -0.3 is 10.2 Å². The van der Waals surface area contributed by atoms with Crippen LogP contribution < -0.4 is 5.32 Å². The van der Waals surface area contributed by atoms with E-state index in [9.17, 15) is 9.59 Å². The fourth-order valence-electron chi connectivity index (χ4n) is 4.35. The number of alkyl halides is 1. The van der Waals surface area contributed by atoms with Crippen molar-refractivity contribution in [1.82, 2.24) is 10.2 Å². The lowest BCUT2D eigenvalue weighted by Gasteiger charge is -2.39. The van der Waals surface area contributed by atoms with Gasteiger partial charge in [0.25, 0.3) is 0 Å². The first-order chi connectivity index (χ1) is 12.7. The van der Waals surface area contributed by atoms with E-state index in [0.29, 0.717) is 0 Å². The van der Waals surface area contributed by atoms with Crippen molar-refractivity contribution in [2.75, 3.05) is 5.88 Å². The molecule has 1 aromatic rings. The maximum atomic E-state index is 13.3. The van der Waals surface area contributed by atoms with Crippen LogP contribution in [0.3, 0.4) is 0 Å². The highest BCUT2D eigenvalue weighted by Gasteiger charge is 2.37. The molecule has 1 unspecified atom stereocenters. The minimum absolute atomic E-state index is 0.0385. The van der Waals surface area contributed by atoms with E-state index < -0.39 is 6.04 Å². The Balaban J connectivity index is 1.84. The summed E-state index contributed by atoms with van der Waals surface area (Å²) in [5, 5.41) is 5.21. The van der Waals surface area contributed by atoms with Gasteiger partial charge in [0.15, 0.2) is 0 Å². The zero-order valence-electron chi connectivity index (χ0n) is 15.3. The smallest absolute Gasteiger partial charge is 0.248 e. The normalized spacial score (nSPS) is 20.5. The molecule has 144 valence electrons. The van der Waals surface area contributed by atoms with E-state index in [4.69, 9.17) is 11.6 Å². The SMILES string of the molecule is O=C(NC1CCCCC1)C(c1cccs1)N(C(=O)CCl)C1CCCCC1. The van der Waals surface area contributed by atoms with E-state index in [-0.39, 0.29) is 29.8 Å². The van der Waals surface area contributed by atoms with Crippen LogP contribution in [0, 0.1) is 0 Å². The molecule has 3 rings (SSSR count). The molecule has 1 heterocycles. The molecule has 0 saturated heterocycles. The van der Waals surface area contributed by atoms with Crippen LogP contribution in [0.5, 0.6) is 0 Å². The molecule has 1 atom stereocenters. The van der Waals surface area contributed by atoms with Gasteiger partial charge in [-0.1, -0.05) is 44.6 Å². The number of amides is 2. The first-order valence-corrected chi connectivity index (χ1v) is 11.3. The van der Waals surface area contributed by atoms with Crippen molar-refractivity contribution < 1.29 is 9.59 Å². The molecular weight excluding hydrogens is 368 g/mol. The van der Waals surface area contributed by atoms with Gasteiger partial charge in [0, 0.05) is 17.0 Å². The van der Waals surface area contributed by atoms with Gasteiger partial charge in [0.2, 0.25) is 11.8 Å². The van der Waals surface area contributed by atoms with Crippen molar-refractivity contribution in [3.63, 3.8) is 0 Å². The average Bonchev–Trinajstić information content (AvgIpc) is 3.21. The van der Waals surface area contributed by atoms with Crippen LogP contribution in [0.1, 0.15) is 75.1 Å². The van der Waals surface area contributed by atoms with Gasteiger partial charge in [-0.05, 0) is 37.1 Å². The van der Waals surface area contributed by atoms with Crippen molar-refractivity contribution in [1.29, 1.82) is 0 Å². The number of hydrogen-bond donors (Lipinski definition) is 1. The van der Waals surface area contributed by atoms with Gasteiger partial charge in [-0.25, -0.2) is 0 Å². The van der Waals surface area contributed by atoms with Crippen LogP contribution >= 0.6 is 22.9 Å². The largest absolute Gasteiger partial charge is 0.351 e. The van der Waals surface area contributed by atoms with Gasteiger partial charge >= 0.3 is 0 Å². The Morgan fingerprint density at radius 1 is 1.12 bits per heavy atom.